The van der Waals surface area contributed by atoms with E-state index in [2.05, 4.69) is 21.2 Å². The van der Waals surface area contributed by atoms with Crippen molar-refractivity contribution in [1.82, 2.24) is 10.2 Å². The van der Waals surface area contributed by atoms with Gasteiger partial charge in [-0.25, -0.2) is 0 Å². The van der Waals surface area contributed by atoms with Crippen LogP contribution in [0, 0.1) is 0 Å². The molecule has 0 aliphatic carbocycles. The highest BCUT2D eigenvalue weighted by Crippen LogP contribution is 2.19. The van der Waals surface area contributed by atoms with E-state index in [0.29, 0.717) is 12.3 Å². The summed E-state index contributed by atoms with van der Waals surface area (Å²) in [5.41, 5.74) is 2.07. The van der Waals surface area contributed by atoms with Crippen LogP contribution in [0.1, 0.15) is 31.9 Å². The number of nitrogens with one attached hydrogen (secondary N) is 1. The molecule has 2 amide bonds. The lowest BCUT2D eigenvalue weighted by molar-refractivity contribution is -0.138. The van der Waals surface area contributed by atoms with Crippen molar-refractivity contribution in [2.45, 2.75) is 45.2 Å². The molecule has 2 rings (SSSR count). The van der Waals surface area contributed by atoms with E-state index < -0.39 is 6.04 Å². The van der Waals surface area contributed by atoms with Crippen molar-refractivity contribution in [2.24, 2.45) is 0 Å². The number of carbonyl (C=O) groups is 2. The summed E-state index contributed by atoms with van der Waals surface area (Å²) in [5.74, 6) is 1.55. The van der Waals surface area contributed by atoms with Gasteiger partial charge in [-0.1, -0.05) is 40.2 Å². The summed E-state index contributed by atoms with van der Waals surface area (Å²) in [6.45, 7) is 5.94. The molecule has 5 nitrogen and oxygen atoms in total. The number of carbonyl (C=O) groups excluding carboxylic acids is 2. The molecule has 0 fully saturated rings. The molecule has 0 saturated carbocycles. The fourth-order valence-corrected chi connectivity index (χ4v) is 4.01. The number of methoxy groups -OCH3 is 1. The molecule has 0 spiro atoms. The minimum Gasteiger partial charge on any atom is -0.497 e. The predicted molar refractivity (Wildman–Crippen MR) is 127 cm³/mol. The minimum atomic E-state index is -0.570. The normalized spacial score (nSPS) is 11.8. The predicted octanol–water partition coefficient (Wildman–Crippen LogP) is 4.63. The number of hydrogen-bond donors (Lipinski definition) is 1. The van der Waals surface area contributed by atoms with Crippen molar-refractivity contribution in [2.75, 3.05) is 12.9 Å². The van der Waals surface area contributed by atoms with Crippen LogP contribution in [-0.2, 0) is 21.9 Å². The third-order valence-electron chi connectivity index (χ3n) is 4.49. The van der Waals surface area contributed by atoms with Gasteiger partial charge in [0.1, 0.15) is 11.8 Å². The number of thioether (sulfide) groups is 1. The number of ether oxygens (including phenoxy) is 1. The standard InChI is InChI=1S/C23H29BrN2O3S/c1-16(2)25-23(28)17(3)26(13-19-6-5-7-21(12-19)29-4)22(27)15-30-14-18-8-10-20(24)11-9-18/h5-12,16-17H,13-15H2,1-4H3,(H,25,28)/t17-/m0/s1. The van der Waals surface area contributed by atoms with E-state index in [4.69, 9.17) is 4.74 Å². The Hall–Kier alpha value is -1.99. The van der Waals surface area contributed by atoms with Crippen LogP contribution in [0.25, 0.3) is 0 Å². The average Bonchev–Trinajstić information content (AvgIpc) is 2.72. The van der Waals surface area contributed by atoms with E-state index in [1.165, 1.54) is 0 Å². The van der Waals surface area contributed by atoms with Crippen LogP contribution in [0.15, 0.2) is 53.0 Å². The first-order valence-electron chi connectivity index (χ1n) is 9.85. The van der Waals surface area contributed by atoms with E-state index >= 15 is 0 Å². The number of hydrogen-bond acceptors (Lipinski definition) is 4. The molecule has 0 aliphatic heterocycles. The van der Waals surface area contributed by atoms with E-state index in [-0.39, 0.29) is 17.9 Å². The van der Waals surface area contributed by atoms with Gasteiger partial charge in [-0.3, -0.25) is 9.59 Å². The fourth-order valence-electron chi connectivity index (χ4n) is 2.87. The maximum absolute atomic E-state index is 13.1. The molecule has 2 aromatic carbocycles. The van der Waals surface area contributed by atoms with Crippen LogP contribution in [0.4, 0.5) is 0 Å². The smallest absolute Gasteiger partial charge is 0.242 e. The summed E-state index contributed by atoms with van der Waals surface area (Å²) in [6.07, 6.45) is 0. The molecule has 30 heavy (non-hydrogen) atoms. The largest absolute Gasteiger partial charge is 0.497 e. The summed E-state index contributed by atoms with van der Waals surface area (Å²) < 4.78 is 6.32. The Morgan fingerprint density at radius 2 is 1.80 bits per heavy atom. The lowest BCUT2D eigenvalue weighted by Gasteiger charge is -2.29. The number of benzene rings is 2. The van der Waals surface area contributed by atoms with Gasteiger partial charge in [0, 0.05) is 22.8 Å². The Balaban J connectivity index is 2.08. The monoisotopic (exact) mass is 492 g/mol. The molecule has 0 unspecified atom stereocenters. The molecule has 2 aromatic rings. The van der Waals surface area contributed by atoms with Crippen molar-refractivity contribution < 1.29 is 14.3 Å². The zero-order valence-corrected chi connectivity index (χ0v) is 20.3. The summed E-state index contributed by atoms with van der Waals surface area (Å²) >= 11 is 4.98. The van der Waals surface area contributed by atoms with Gasteiger partial charge < -0.3 is 15.0 Å². The van der Waals surface area contributed by atoms with Crippen LogP contribution < -0.4 is 10.1 Å². The number of rotatable bonds is 10. The first-order valence-corrected chi connectivity index (χ1v) is 11.8. The van der Waals surface area contributed by atoms with Crippen LogP contribution in [0.5, 0.6) is 5.75 Å². The van der Waals surface area contributed by atoms with Gasteiger partial charge in [-0.05, 0) is 56.2 Å². The van der Waals surface area contributed by atoms with Crippen LogP contribution in [0.3, 0.4) is 0 Å². The van der Waals surface area contributed by atoms with Gasteiger partial charge in [-0.15, -0.1) is 11.8 Å². The molecule has 162 valence electrons. The molecule has 0 aromatic heterocycles. The minimum absolute atomic E-state index is 0.0144. The summed E-state index contributed by atoms with van der Waals surface area (Å²) in [7, 11) is 1.61. The number of nitrogens with zero attached hydrogens (tertiary/aromatic N) is 1. The van der Waals surface area contributed by atoms with Crippen LogP contribution >= 0.6 is 27.7 Å². The fraction of sp³-hybridized carbons (Fsp3) is 0.391. The molecule has 0 aliphatic rings. The van der Waals surface area contributed by atoms with E-state index in [1.54, 1.807) is 30.7 Å². The van der Waals surface area contributed by atoms with Gasteiger partial charge in [0.2, 0.25) is 11.8 Å². The van der Waals surface area contributed by atoms with E-state index in [0.717, 1.165) is 27.1 Å². The highest BCUT2D eigenvalue weighted by Gasteiger charge is 2.26. The van der Waals surface area contributed by atoms with Crippen molar-refractivity contribution in [3.8, 4) is 5.75 Å². The topological polar surface area (TPSA) is 58.6 Å². The Labute approximate surface area is 191 Å². The molecule has 1 atom stereocenters. The van der Waals surface area contributed by atoms with Crippen LogP contribution in [0.2, 0.25) is 0 Å². The highest BCUT2D eigenvalue weighted by molar-refractivity contribution is 9.10. The van der Waals surface area contributed by atoms with Gasteiger partial charge in [0.15, 0.2) is 0 Å². The molecule has 0 bridgehead atoms. The quantitative estimate of drug-likeness (QED) is 0.524. The molecule has 7 heteroatoms. The van der Waals surface area contributed by atoms with Gasteiger partial charge in [0.05, 0.1) is 12.9 Å². The molecule has 1 N–H and O–H groups in total. The Morgan fingerprint density at radius 3 is 2.43 bits per heavy atom. The maximum atomic E-state index is 13.1. The molecule has 0 saturated heterocycles. The zero-order valence-electron chi connectivity index (χ0n) is 17.9. The Morgan fingerprint density at radius 1 is 1.10 bits per heavy atom. The highest BCUT2D eigenvalue weighted by atomic mass is 79.9. The van der Waals surface area contributed by atoms with Gasteiger partial charge in [-0.2, -0.15) is 0 Å². The van der Waals surface area contributed by atoms with Crippen molar-refractivity contribution in [3.05, 3.63) is 64.1 Å². The molecule has 0 radical (unpaired) electrons. The third kappa shape index (κ3) is 7.69. The first kappa shape index (κ1) is 24.3. The Bertz CT molecular complexity index is 843. The van der Waals surface area contributed by atoms with Crippen molar-refractivity contribution in [3.63, 3.8) is 0 Å². The number of amides is 2. The molecule has 0 heterocycles. The molecular weight excluding hydrogens is 464 g/mol. The maximum Gasteiger partial charge on any atom is 0.242 e. The van der Waals surface area contributed by atoms with Gasteiger partial charge in [0.25, 0.3) is 0 Å². The lowest BCUT2D eigenvalue weighted by Crippen LogP contribution is -2.49. The van der Waals surface area contributed by atoms with Crippen molar-refractivity contribution >= 4 is 39.5 Å². The summed E-state index contributed by atoms with van der Waals surface area (Å²) in [4.78, 5) is 27.3. The third-order valence-corrected chi connectivity index (χ3v) is 6.01. The van der Waals surface area contributed by atoms with Gasteiger partial charge >= 0.3 is 0 Å². The van der Waals surface area contributed by atoms with E-state index in [9.17, 15) is 9.59 Å². The summed E-state index contributed by atoms with van der Waals surface area (Å²) in [5, 5.41) is 2.90. The molecular formula is C23H29BrN2O3S. The number of halogens is 1. The zero-order chi connectivity index (χ0) is 22.1. The van der Waals surface area contributed by atoms with E-state index in [1.807, 2.05) is 62.4 Å². The second-order valence-electron chi connectivity index (χ2n) is 7.33. The first-order chi connectivity index (χ1) is 14.3. The lowest BCUT2D eigenvalue weighted by atomic mass is 10.1. The SMILES string of the molecule is COc1cccc(CN(C(=O)CSCc2ccc(Br)cc2)[C@@H](C)C(=O)NC(C)C)c1. The second-order valence-corrected chi connectivity index (χ2v) is 9.23. The summed E-state index contributed by atoms with van der Waals surface area (Å²) in [6, 6.07) is 15.1. The Kier molecular flexibility index (Phi) is 9.72. The van der Waals surface area contributed by atoms with Crippen molar-refractivity contribution in [1.29, 1.82) is 0 Å². The second kappa shape index (κ2) is 12.0. The average molecular weight is 493 g/mol. The van der Waals surface area contributed by atoms with Crippen LogP contribution in [-0.4, -0.2) is 41.7 Å².